The van der Waals surface area contributed by atoms with E-state index in [4.69, 9.17) is 4.74 Å². The molecule has 1 aliphatic heterocycles. The molecule has 0 N–H and O–H groups in total. The van der Waals surface area contributed by atoms with Gasteiger partial charge in [-0.2, -0.15) is 18.2 Å². The molecule has 552 valence electrons. The zero-order valence-corrected chi connectivity index (χ0v) is 75.5. The number of rotatable bonds is 13. The second-order valence-corrected chi connectivity index (χ2v) is 34.8. The molecule has 12 aromatic carbocycles. The summed E-state index contributed by atoms with van der Waals surface area (Å²) in [5.74, 6) is 0. The van der Waals surface area contributed by atoms with E-state index in [0.717, 1.165) is 38.4 Å². The Morgan fingerprint density at radius 3 is 0.613 bits per heavy atom. The van der Waals surface area contributed by atoms with Crippen LogP contribution in [-0.2, 0) is 41.5 Å². The smallest absolute Gasteiger partial charge is 0.0134 e. The Bertz CT molecular complexity index is 4090. The Labute approximate surface area is 717 Å². The van der Waals surface area contributed by atoms with Crippen molar-refractivity contribution in [1.82, 2.24) is 19.9 Å². The van der Waals surface area contributed by atoms with Crippen LogP contribution in [0.4, 0.5) is 0 Å². The van der Waals surface area contributed by atoms with Gasteiger partial charge in [0.15, 0.2) is 0 Å². The van der Waals surface area contributed by atoms with E-state index in [1.54, 1.807) is 18.5 Å². The summed E-state index contributed by atoms with van der Waals surface area (Å²) in [7, 11) is -1.78. The summed E-state index contributed by atoms with van der Waals surface area (Å²) in [6, 6.07) is 152. The zero-order valence-electron chi connectivity index (χ0n) is 61.1. The first-order valence-electron chi connectivity index (χ1n) is 35.7. The number of ether oxygens (including phenoxy) is 1. The van der Waals surface area contributed by atoms with Gasteiger partial charge < -0.3 is 9.72 Å². The molecule has 15 heteroatoms. The molecule has 0 atom stereocenters. The van der Waals surface area contributed by atoms with Crippen molar-refractivity contribution in [3.63, 3.8) is 0 Å². The molecule has 0 spiro atoms. The molecule has 5 heterocycles. The van der Waals surface area contributed by atoms with E-state index < -0.39 is 31.7 Å². The van der Waals surface area contributed by atoms with Crippen molar-refractivity contribution in [3.8, 4) is 11.4 Å². The summed E-state index contributed by atoms with van der Waals surface area (Å²) in [5.41, 5.74) is 1.78. The normalized spacial score (nSPS) is 10.6. The van der Waals surface area contributed by atoms with Crippen LogP contribution in [0.5, 0.6) is 0 Å². The largest absolute Gasteiger partial charge is 0.394 e. The van der Waals surface area contributed by atoms with E-state index in [9.17, 15) is 0 Å². The number of halogens is 4. The van der Waals surface area contributed by atoms with Gasteiger partial charge in [-0.15, -0.1) is 0 Å². The molecular weight excluding hydrogens is 1840 g/mol. The molecule has 0 bridgehead atoms. The van der Waals surface area contributed by atoms with Crippen molar-refractivity contribution in [2.24, 2.45) is 0 Å². The molecule has 17 rings (SSSR count). The molecule has 0 amide bonds. The number of aromatic nitrogens is 4. The van der Waals surface area contributed by atoms with Gasteiger partial charge in [-0.3, -0.25) is 4.98 Å². The maximum absolute atomic E-state index is 4.94. The minimum Gasteiger partial charge on any atom is -0.394 e. The molecule has 0 radical (unpaired) electrons. The van der Waals surface area contributed by atoms with Gasteiger partial charge in [0.2, 0.25) is 0 Å². The van der Waals surface area contributed by atoms with Crippen LogP contribution in [-0.4, -0.2) is 33.1 Å². The Morgan fingerprint density at radius 1 is 0.243 bits per heavy atom. The van der Waals surface area contributed by atoms with Crippen LogP contribution in [0, 0.1) is 6.20 Å². The Morgan fingerprint density at radius 2 is 0.459 bits per heavy atom. The zero-order chi connectivity index (χ0) is 76.5. The maximum atomic E-state index is 4.94. The predicted octanol–water partition coefficient (Wildman–Crippen LogP) is 21.8. The van der Waals surface area contributed by atoms with Crippen LogP contribution in [0.3, 0.4) is 0 Å². The molecule has 4 aromatic heterocycles. The van der Waals surface area contributed by atoms with Gasteiger partial charge in [0.1, 0.15) is 13.8 Å². The van der Waals surface area contributed by atoms with Crippen LogP contribution >= 0.6 is 93.1 Å². The minimum absolute atomic E-state index is 0. The van der Waals surface area contributed by atoms with Gasteiger partial charge in [-0.25, -0.2) is 9.97 Å². The van der Waals surface area contributed by atoms with Crippen molar-refractivity contribution in [2.45, 2.75) is 12.8 Å². The van der Waals surface area contributed by atoms with Crippen LogP contribution in [0.1, 0.15) is 12.8 Å². The van der Waals surface area contributed by atoms with E-state index in [1.165, 1.54) is 92.8 Å². The van der Waals surface area contributed by atoms with E-state index in [-0.39, 0.29) is 20.4 Å². The fraction of sp³-hybridized carbons (Fsp3) is 0.0417. The summed E-state index contributed by atoms with van der Waals surface area (Å²) >= 11 is 14.0. The van der Waals surface area contributed by atoms with Crippen molar-refractivity contribution in [1.29, 1.82) is 0 Å². The number of nitrogens with zero attached hydrogens (tertiary/aromatic N) is 4. The monoisotopic (exact) mass is 1920 g/mol. The molecular formula is C96H82Br4N4OP4PdZn. The Balaban J connectivity index is 0.000000164. The second-order valence-electron chi connectivity index (χ2n) is 23.5. The first-order valence-corrected chi connectivity index (χ1v) is 50.4. The molecule has 0 aliphatic carbocycles. The van der Waals surface area contributed by atoms with Gasteiger partial charge in [-0.05, 0) is 192 Å². The van der Waals surface area contributed by atoms with Crippen LogP contribution < -0.4 is 63.7 Å². The molecule has 0 saturated carbocycles. The van der Waals surface area contributed by atoms with Crippen molar-refractivity contribution >= 4 is 157 Å². The van der Waals surface area contributed by atoms with Crippen molar-refractivity contribution in [2.75, 3.05) is 13.2 Å². The van der Waals surface area contributed by atoms with Crippen LogP contribution in [0.2, 0.25) is 0 Å². The number of benzene rings is 12. The topological polar surface area (TPSA) is 60.8 Å². The summed E-state index contributed by atoms with van der Waals surface area (Å²) in [6.45, 7) is 2.00. The third-order valence-corrected chi connectivity index (χ3v) is 26.9. The standard InChI is InChI=1S/4C18H15P.C10H7BrN2.C5H3Br2N.C5H4N.C4H8O.BrH.Pd.Zn/c4*1-4-10-16(11-5-1)19(17-12-6-2-7-13-17)18-14-8-3-9-15-18;11-10-6-3-5-9(13-10)8-4-1-2-7-12-8;6-4-2-1-3-5(7)8-4;1-2-4-6-5-3-1;1-2-4-5-3-1;;;/h4*1-15H;1-7H;1-3H;1-4H;1-4H2;1H;;/q;;;;;;-1;;;;+2/p-1. The Hall–Kier alpha value is -7.87. The van der Waals surface area contributed by atoms with Crippen molar-refractivity contribution in [3.05, 3.63) is 469 Å². The first kappa shape index (κ1) is 88.7. The average molecular weight is 1920 g/mol. The predicted molar refractivity (Wildman–Crippen MR) is 487 cm³/mol. The van der Waals surface area contributed by atoms with E-state index in [2.05, 4.69) is 452 Å². The fourth-order valence-electron chi connectivity index (χ4n) is 11.0. The molecule has 1 saturated heterocycles. The molecule has 1 aliphatic rings. The van der Waals surface area contributed by atoms with Gasteiger partial charge >= 0.3 is 30.0 Å². The quantitative estimate of drug-likeness (QED) is 0.0498. The van der Waals surface area contributed by atoms with Crippen LogP contribution in [0.25, 0.3) is 11.4 Å². The van der Waals surface area contributed by atoms with Crippen LogP contribution in [0.15, 0.2) is 463 Å². The number of hydrogen-bond donors (Lipinski definition) is 0. The summed E-state index contributed by atoms with van der Waals surface area (Å²) in [5, 5.41) is 16.8. The van der Waals surface area contributed by atoms with Crippen molar-refractivity contribution < 1.29 is 41.5 Å². The fourth-order valence-corrected chi connectivity index (χ4v) is 21.4. The van der Waals surface area contributed by atoms with Gasteiger partial charge in [0, 0.05) is 39.8 Å². The molecule has 111 heavy (non-hydrogen) atoms. The molecule has 5 nitrogen and oxygen atoms in total. The molecule has 1 fully saturated rings. The minimum atomic E-state index is -0.446. The third kappa shape index (κ3) is 31.9. The SMILES string of the molecule is Brc1cccc(-c2ccccn2)n1.Brc1cccc(Br)n1.C1CCOC1.[Pd].[Zn+][Br].[c-]1ccccn1.c1ccc(P(c2ccccc2)c2ccccc2)cc1.c1ccc(P(c2ccccc2)c2ccccc2)cc1.c1ccc(P(c2ccccc2)c2ccccc2)cc1.c1ccc(P(c2ccccc2)c2ccccc2)cc1. The van der Waals surface area contributed by atoms with Gasteiger partial charge in [0.25, 0.3) is 0 Å². The molecule has 0 unspecified atom stereocenters. The number of hydrogen-bond acceptors (Lipinski definition) is 5. The third-order valence-electron chi connectivity index (χ3n) is 15.8. The first-order chi connectivity index (χ1) is 54.4. The average Bonchev–Trinajstić information content (AvgIpc) is 1.04. The van der Waals surface area contributed by atoms with Gasteiger partial charge in [0.05, 0.1) is 11.4 Å². The van der Waals surface area contributed by atoms with Gasteiger partial charge in [-0.1, -0.05) is 395 Å². The number of pyridine rings is 4. The summed E-state index contributed by atoms with van der Waals surface area (Å²) < 4.78 is 7.48. The molecule has 16 aromatic rings. The van der Waals surface area contributed by atoms with E-state index in [1.807, 2.05) is 66.7 Å². The van der Waals surface area contributed by atoms with E-state index >= 15 is 0 Å². The Kier molecular flexibility index (Phi) is 43.1. The second kappa shape index (κ2) is 54.0. The van der Waals surface area contributed by atoms with E-state index in [0.29, 0.717) is 0 Å². The maximum Gasteiger partial charge on any atom is -0.0134 e. The summed E-state index contributed by atoms with van der Waals surface area (Å²) in [4.78, 5) is 16.2. The summed E-state index contributed by atoms with van der Waals surface area (Å²) in [6.07, 6.45) is 8.65.